The number of carbonyl (C=O) groups excluding carboxylic acids is 2. The van der Waals surface area contributed by atoms with E-state index in [1.807, 2.05) is 12.1 Å². The monoisotopic (exact) mass is 280 g/mol. The SMILES string of the molecule is CN(C)C(=O)c1ccc(N2CC(CCl)CC2=O)cc1. The van der Waals surface area contributed by atoms with E-state index in [9.17, 15) is 9.59 Å². The molecule has 1 saturated heterocycles. The first kappa shape index (κ1) is 13.9. The largest absolute Gasteiger partial charge is 0.345 e. The van der Waals surface area contributed by atoms with Crippen LogP contribution in [-0.4, -0.2) is 43.2 Å². The predicted molar refractivity (Wildman–Crippen MR) is 75.6 cm³/mol. The molecule has 0 aromatic heterocycles. The van der Waals surface area contributed by atoms with Crippen molar-refractivity contribution in [1.29, 1.82) is 0 Å². The minimum Gasteiger partial charge on any atom is -0.345 e. The lowest BCUT2D eigenvalue weighted by Crippen LogP contribution is -2.25. The Morgan fingerprint density at radius 1 is 1.37 bits per heavy atom. The molecule has 19 heavy (non-hydrogen) atoms. The van der Waals surface area contributed by atoms with Crippen molar-refractivity contribution in [1.82, 2.24) is 4.90 Å². The van der Waals surface area contributed by atoms with Crippen LogP contribution in [0.3, 0.4) is 0 Å². The molecule has 0 radical (unpaired) electrons. The van der Waals surface area contributed by atoms with E-state index in [0.29, 0.717) is 24.4 Å². The van der Waals surface area contributed by atoms with E-state index in [2.05, 4.69) is 0 Å². The Kier molecular flexibility index (Phi) is 4.10. The van der Waals surface area contributed by atoms with Gasteiger partial charge in [-0.3, -0.25) is 9.59 Å². The maximum Gasteiger partial charge on any atom is 0.253 e. The lowest BCUT2D eigenvalue weighted by atomic mass is 10.1. The van der Waals surface area contributed by atoms with Crippen LogP contribution in [0.2, 0.25) is 0 Å². The summed E-state index contributed by atoms with van der Waals surface area (Å²) >= 11 is 5.80. The van der Waals surface area contributed by atoms with Gasteiger partial charge < -0.3 is 9.80 Å². The van der Waals surface area contributed by atoms with Gasteiger partial charge in [0, 0.05) is 44.2 Å². The van der Waals surface area contributed by atoms with Crippen molar-refractivity contribution < 1.29 is 9.59 Å². The number of halogens is 1. The van der Waals surface area contributed by atoms with Crippen LogP contribution in [0.25, 0.3) is 0 Å². The third-order valence-electron chi connectivity index (χ3n) is 3.26. The third-order valence-corrected chi connectivity index (χ3v) is 3.69. The van der Waals surface area contributed by atoms with Crippen molar-refractivity contribution >= 4 is 29.1 Å². The number of carbonyl (C=O) groups is 2. The topological polar surface area (TPSA) is 40.6 Å². The number of rotatable bonds is 3. The number of nitrogens with zero attached hydrogens (tertiary/aromatic N) is 2. The number of anilines is 1. The molecule has 1 aliphatic heterocycles. The summed E-state index contributed by atoms with van der Waals surface area (Å²) < 4.78 is 0. The molecule has 0 N–H and O–H groups in total. The molecule has 4 nitrogen and oxygen atoms in total. The summed E-state index contributed by atoms with van der Waals surface area (Å²) in [4.78, 5) is 26.9. The maximum absolute atomic E-state index is 11.9. The van der Waals surface area contributed by atoms with Crippen LogP contribution in [0, 0.1) is 5.92 Å². The van der Waals surface area contributed by atoms with E-state index in [4.69, 9.17) is 11.6 Å². The Labute approximate surface area is 117 Å². The first-order chi connectivity index (χ1) is 9.02. The van der Waals surface area contributed by atoms with Crippen LogP contribution < -0.4 is 4.90 Å². The maximum atomic E-state index is 11.9. The Bertz CT molecular complexity index is 485. The molecule has 1 atom stereocenters. The molecule has 102 valence electrons. The van der Waals surface area contributed by atoms with Crippen LogP contribution in [-0.2, 0) is 4.79 Å². The standard InChI is InChI=1S/C14H17ClN2O2/c1-16(2)14(19)11-3-5-12(6-4-11)17-9-10(8-15)7-13(17)18/h3-6,10H,7-9H2,1-2H3. The van der Waals surface area contributed by atoms with Crippen molar-refractivity contribution in [2.45, 2.75) is 6.42 Å². The van der Waals surface area contributed by atoms with Gasteiger partial charge in [-0.25, -0.2) is 0 Å². The summed E-state index contributed by atoms with van der Waals surface area (Å²) in [6.45, 7) is 0.656. The first-order valence-corrected chi connectivity index (χ1v) is 6.74. The van der Waals surface area contributed by atoms with Gasteiger partial charge in [0.05, 0.1) is 0 Å². The second kappa shape index (κ2) is 5.61. The average molecular weight is 281 g/mol. The van der Waals surface area contributed by atoms with Crippen LogP contribution in [0.1, 0.15) is 16.8 Å². The highest BCUT2D eigenvalue weighted by Gasteiger charge is 2.29. The van der Waals surface area contributed by atoms with E-state index in [-0.39, 0.29) is 17.7 Å². The number of hydrogen-bond donors (Lipinski definition) is 0. The van der Waals surface area contributed by atoms with Crippen LogP contribution in [0.5, 0.6) is 0 Å². The summed E-state index contributed by atoms with van der Waals surface area (Å²) in [7, 11) is 3.43. The first-order valence-electron chi connectivity index (χ1n) is 6.21. The molecule has 1 heterocycles. The van der Waals surface area contributed by atoms with Gasteiger partial charge in [0.1, 0.15) is 0 Å². The van der Waals surface area contributed by atoms with Gasteiger partial charge >= 0.3 is 0 Å². The summed E-state index contributed by atoms with van der Waals surface area (Å²) in [6, 6.07) is 7.12. The van der Waals surface area contributed by atoms with E-state index in [0.717, 1.165) is 5.69 Å². The highest BCUT2D eigenvalue weighted by molar-refractivity contribution is 6.18. The Hall–Kier alpha value is -1.55. The molecule has 0 spiro atoms. The van der Waals surface area contributed by atoms with Gasteiger partial charge in [-0.2, -0.15) is 0 Å². The van der Waals surface area contributed by atoms with Crippen molar-refractivity contribution in [2.24, 2.45) is 5.92 Å². The third kappa shape index (κ3) is 2.89. The van der Waals surface area contributed by atoms with Crippen molar-refractivity contribution in [3.05, 3.63) is 29.8 Å². The second-order valence-corrected chi connectivity index (χ2v) is 5.28. The minimum absolute atomic E-state index is 0.0436. The van der Waals surface area contributed by atoms with Gasteiger partial charge in [-0.05, 0) is 30.2 Å². The average Bonchev–Trinajstić information content (AvgIpc) is 2.79. The molecule has 1 aromatic rings. The molecular weight excluding hydrogens is 264 g/mol. The zero-order valence-corrected chi connectivity index (χ0v) is 11.9. The summed E-state index contributed by atoms with van der Waals surface area (Å²) in [5.74, 6) is 0.770. The molecule has 5 heteroatoms. The van der Waals surface area contributed by atoms with Gasteiger partial charge in [0.15, 0.2) is 0 Å². The summed E-state index contributed by atoms with van der Waals surface area (Å²) in [5.41, 5.74) is 1.45. The quantitative estimate of drug-likeness (QED) is 0.795. The molecule has 1 unspecified atom stereocenters. The Morgan fingerprint density at radius 3 is 2.47 bits per heavy atom. The fraction of sp³-hybridized carbons (Fsp3) is 0.429. The van der Waals surface area contributed by atoms with E-state index in [1.54, 1.807) is 31.1 Å². The van der Waals surface area contributed by atoms with Gasteiger partial charge in [-0.1, -0.05) is 0 Å². The number of hydrogen-bond acceptors (Lipinski definition) is 2. The fourth-order valence-corrected chi connectivity index (χ4v) is 2.38. The smallest absolute Gasteiger partial charge is 0.253 e. The van der Waals surface area contributed by atoms with E-state index < -0.39 is 0 Å². The van der Waals surface area contributed by atoms with Gasteiger partial charge in [0.2, 0.25) is 5.91 Å². The molecule has 0 saturated carbocycles. The second-order valence-electron chi connectivity index (χ2n) is 4.98. The zero-order chi connectivity index (χ0) is 14.0. The summed E-state index contributed by atoms with van der Waals surface area (Å²) in [6.07, 6.45) is 0.502. The normalized spacial score (nSPS) is 18.8. The molecule has 2 amide bonds. The zero-order valence-electron chi connectivity index (χ0n) is 11.1. The number of benzene rings is 1. The van der Waals surface area contributed by atoms with Crippen molar-refractivity contribution in [3.63, 3.8) is 0 Å². The van der Waals surface area contributed by atoms with Crippen LogP contribution in [0.4, 0.5) is 5.69 Å². The highest BCUT2D eigenvalue weighted by Crippen LogP contribution is 2.26. The minimum atomic E-state index is -0.0436. The van der Waals surface area contributed by atoms with Gasteiger partial charge in [0.25, 0.3) is 5.91 Å². The molecule has 1 fully saturated rings. The predicted octanol–water partition coefficient (Wildman–Crippen LogP) is 1.98. The molecule has 1 aromatic carbocycles. The highest BCUT2D eigenvalue weighted by atomic mass is 35.5. The molecule has 1 aliphatic rings. The van der Waals surface area contributed by atoms with E-state index in [1.165, 1.54) is 4.90 Å². The van der Waals surface area contributed by atoms with Crippen LogP contribution >= 0.6 is 11.6 Å². The van der Waals surface area contributed by atoms with Crippen molar-refractivity contribution in [3.8, 4) is 0 Å². The van der Waals surface area contributed by atoms with Crippen LogP contribution in [0.15, 0.2) is 24.3 Å². The lowest BCUT2D eigenvalue weighted by Gasteiger charge is -2.17. The molecule has 0 bridgehead atoms. The molecular formula is C14H17ClN2O2. The van der Waals surface area contributed by atoms with Crippen molar-refractivity contribution in [2.75, 3.05) is 31.4 Å². The van der Waals surface area contributed by atoms with Gasteiger partial charge in [-0.15, -0.1) is 11.6 Å². The summed E-state index contributed by atoms with van der Waals surface area (Å²) in [5, 5.41) is 0. The molecule has 0 aliphatic carbocycles. The Morgan fingerprint density at radius 2 is 2.00 bits per heavy atom. The van der Waals surface area contributed by atoms with E-state index >= 15 is 0 Å². The number of alkyl halides is 1. The Balaban J connectivity index is 2.15. The number of amides is 2. The lowest BCUT2D eigenvalue weighted by molar-refractivity contribution is -0.117. The molecule has 2 rings (SSSR count). The fourth-order valence-electron chi connectivity index (χ4n) is 2.18.